The molecule has 0 aliphatic carbocycles. The van der Waals surface area contributed by atoms with Crippen LogP contribution in [0.1, 0.15) is 37.2 Å². The molecule has 1 aromatic heterocycles. The number of anilines is 1. The lowest BCUT2D eigenvalue weighted by Gasteiger charge is -2.19. The maximum atomic E-state index is 12.7. The van der Waals surface area contributed by atoms with Crippen molar-refractivity contribution in [3.8, 4) is 5.75 Å². The van der Waals surface area contributed by atoms with Gasteiger partial charge in [-0.2, -0.15) is 9.40 Å². The summed E-state index contributed by atoms with van der Waals surface area (Å²) in [4.78, 5) is 12.4. The summed E-state index contributed by atoms with van der Waals surface area (Å²) >= 11 is 0. The summed E-state index contributed by atoms with van der Waals surface area (Å²) in [6.45, 7) is 8.03. The van der Waals surface area contributed by atoms with Crippen LogP contribution in [0.5, 0.6) is 5.75 Å². The lowest BCUT2D eigenvalue weighted by molar-refractivity contribution is -0.116. The summed E-state index contributed by atoms with van der Waals surface area (Å²) in [5.41, 5.74) is 2.97. The van der Waals surface area contributed by atoms with Gasteiger partial charge in [-0.25, -0.2) is 8.42 Å². The maximum Gasteiger partial charge on any atom is 0.243 e. The van der Waals surface area contributed by atoms with Crippen molar-refractivity contribution < 1.29 is 18.3 Å². The highest BCUT2D eigenvalue weighted by molar-refractivity contribution is 7.89. The van der Waals surface area contributed by atoms with E-state index >= 15 is 0 Å². The van der Waals surface area contributed by atoms with Gasteiger partial charge in [-0.15, -0.1) is 0 Å². The highest BCUT2D eigenvalue weighted by Crippen LogP contribution is 2.28. The van der Waals surface area contributed by atoms with Crippen molar-refractivity contribution >= 4 is 21.6 Å². The Hall–Kier alpha value is -2.39. The molecule has 9 heteroatoms. The van der Waals surface area contributed by atoms with Crippen LogP contribution >= 0.6 is 0 Å². The van der Waals surface area contributed by atoms with Gasteiger partial charge in [0.2, 0.25) is 15.9 Å². The Morgan fingerprint density at radius 2 is 1.89 bits per heavy atom. The lowest BCUT2D eigenvalue weighted by atomic mass is 10.1. The van der Waals surface area contributed by atoms with Crippen molar-refractivity contribution in [2.75, 3.05) is 18.4 Å². The Bertz CT molecular complexity index is 963. The summed E-state index contributed by atoms with van der Waals surface area (Å²) in [7, 11) is -1.83. The molecule has 0 saturated carbocycles. The molecule has 1 aromatic carbocycles. The topological polar surface area (TPSA) is 105 Å². The highest BCUT2D eigenvalue weighted by atomic mass is 32.2. The van der Waals surface area contributed by atoms with Crippen molar-refractivity contribution in [1.29, 1.82) is 0 Å². The van der Waals surface area contributed by atoms with Crippen LogP contribution < -0.4 is 5.32 Å². The molecule has 0 atom stereocenters. The smallest absolute Gasteiger partial charge is 0.243 e. The molecule has 2 aromatic rings. The predicted molar refractivity (Wildman–Crippen MR) is 108 cm³/mol. The van der Waals surface area contributed by atoms with Crippen molar-refractivity contribution in [2.45, 2.75) is 45.4 Å². The fraction of sp³-hybridized carbons (Fsp3) is 0.474. The number of sulfonamides is 1. The molecule has 1 amide bonds. The van der Waals surface area contributed by atoms with Gasteiger partial charge in [0.1, 0.15) is 5.75 Å². The normalized spacial score (nSPS) is 11.8. The SMILES string of the molecule is CCN(CC)S(=O)(=O)c1ccc(O)c(NC(=O)CCc2c(C)nn(C)c2C)c1. The van der Waals surface area contributed by atoms with Crippen LogP contribution in [-0.2, 0) is 28.3 Å². The third kappa shape index (κ3) is 4.53. The van der Waals surface area contributed by atoms with Crippen LogP contribution in [-0.4, -0.2) is 46.6 Å². The van der Waals surface area contributed by atoms with Gasteiger partial charge in [-0.05, 0) is 44.0 Å². The zero-order valence-electron chi connectivity index (χ0n) is 17.0. The first kappa shape index (κ1) is 21.9. The molecule has 0 spiro atoms. The number of nitrogens with one attached hydrogen (secondary N) is 1. The molecule has 28 heavy (non-hydrogen) atoms. The summed E-state index contributed by atoms with van der Waals surface area (Å²) in [6, 6.07) is 3.91. The molecule has 0 bridgehead atoms. The number of carbonyl (C=O) groups excluding carboxylic acids is 1. The number of phenolic OH excluding ortho intramolecular Hbond substituents is 1. The minimum Gasteiger partial charge on any atom is -0.506 e. The van der Waals surface area contributed by atoms with Crippen LogP contribution in [0.2, 0.25) is 0 Å². The number of carbonyl (C=O) groups is 1. The predicted octanol–water partition coefficient (Wildman–Crippen LogP) is 2.34. The number of hydrogen-bond donors (Lipinski definition) is 2. The Labute approximate surface area is 166 Å². The molecule has 0 radical (unpaired) electrons. The number of rotatable bonds is 8. The molecule has 2 rings (SSSR count). The quantitative estimate of drug-likeness (QED) is 0.653. The van der Waals surface area contributed by atoms with Crippen LogP contribution in [0.25, 0.3) is 0 Å². The number of benzene rings is 1. The molecule has 0 aliphatic heterocycles. The summed E-state index contributed by atoms with van der Waals surface area (Å²) in [5.74, 6) is -0.490. The van der Waals surface area contributed by atoms with E-state index in [1.165, 1.54) is 22.5 Å². The first-order chi connectivity index (χ1) is 13.1. The van der Waals surface area contributed by atoms with E-state index in [9.17, 15) is 18.3 Å². The van der Waals surface area contributed by atoms with Gasteiger partial charge in [0.05, 0.1) is 16.3 Å². The second-order valence-corrected chi connectivity index (χ2v) is 8.53. The molecule has 8 nitrogen and oxygen atoms in total. The van der Waals surface area contributed by atoms with E-state index in [0.29, 0.717) is 19.5 Å². The molecule has 0 fully saturated rings. The zero-order chi connectivity index (χ0) is 21.1. The number of phenols is 1. The fourth-order valence-electron chi connectivity index (χ4n) is 3.12. The van der Waals surface area contributed by atoms with Gasteiger partial charge >= 0.3 is 0 Å². The number of aryl methyl sites for hydroxylation is 2. The van der Waals surface area contributed by atoms with E-state index < -0.39 is 10.0 Å². The first-order valence-corrected chi connectivity index (χ1v) is 10.7. The third-order valence-corrected chi connectivity index (χ3v) is 6.89. The van der Waals surface area contributed by atoms with E-state index in [0.717, 1.165) is 17.0 Å². The lowest BCUT2D eigenvalue weighted by Crippen LogP contribution is -2.30. The standard InChI is InChI=1S/C19H28N4O4S/c1-6-23(7-2)28(26,27)15-8-10-18(24)17(12-15)20-19(25)11-9-16-13(3)21-22(5)14(16)4/h8,10,12,24H,6-7,9,11H2,1-5H3,(H,20,25). The molecule has 2 N–H and O–H groups in total. The van der Waals surface area contributed by atoms with E-state index in [2.05, 4.69) is 10.4 Å². The molecular weight excluding hydrogens is 380 g/mol. The average molecular weight is 409 g/mol. The Morgan fingerprint density at radius 1 is 1.25 bits per heavy atom. The first-order valence-electron chi connectivity index (χ1n) is 9.23. The average Bonchev–Trinajstić information content (AvgIpc) is 2.87. The molecule has 1 heterocycles. The second kappa shape index (κ2) is 8.74. The summed E-state index contributed by atoms with van der Waals surface area (Å²) in [5, 5.41) is 17.0. The van der Waals surface area contributed by atoms with Crippen LogP contribution in [0.3, 0.4) is 0 Å². The van der Waals surface area contributed by atoms with Gasteiger partial charge in [0.25, 0.3) is 0 Å². The summed E-state index contributed by atoms with van der Waals surface area (Å²) < 4.78 is 28.4. The van der Waals surface area contributed by atoms with Crippen LogP contribution in [0.4, 0.5) is 5.69 Å². The fourth-order valence-corrected chi connectivity index (χ4v) is 4.60. The summed E-state index contributed by atoms with van der Waals surface area (Å²) in [6.07, 6.45) is 0.704. The van der Waals surface area contributed by atoms with E-state index in [-0.39, 0.29) is 28.7 Å². The van der Waals surface area contributed by atoms with Gasteiger partial charge in [0, 0.05) is 32.3 Å². The number of aromatic hydroxyl groups is 1. The van der Waals surface area contributed by atoms with Crippen molar-refractivity contribution in [1.82, 2.24) is 14.1 Å². The van der Waals surface area contributed by atoms with E-state index in [1.54, 1.807) is 18.5 Å². The van der Waals surface area contributed by atoms with Crippen molar-refractivity contribution in [2.24, 2.45) is 7.05 Å². The second-order valence-electron chi connectivity index (χ2n) is 6.59. The molecular formula is C19H28N4O4S. The largest absolute Gasteiger partial charge is 0.506 e. The number of amides is 1. The Morgan fingerprint density at radius 3 is 2.43 bits per heavy atom. The highest BCUT2D eigenvalue weighted by Gasteiger charge is 2.23. The molecule has 0 aliphatic rings. The Balaban J connectivity index is 2.16. The molecule has 0 unspecified atom stereocenters. The number of aromatic nitrogens is 2. The molecule has 0 saturated heterocycles. The van der Waals surface area contributed by atoms with Crippen LogP contribution in [0.15, 0.2) is 23.1 Å². The molecule has 154 valence electrons. The minimum absolute atomic E-state index is 0.0308. The minimum atomic E-state index is -3.68. The zero-order valence-corrected chi connectivity index (χ0v) is 17.8. The number of hydrogen-bond acceptors (Lipinski definition) is 5. The van der Waals surface area contributed by atoms with Gasteiger partial charge < -0.3 is 10.4 Å². The van der Waals surface area contributed by atoms with Gasteiger partial charge in [-0.1, -0.05) is 13.8 Å². The Kier molecular flexibility index (Phi) is 6.84. The van der Waals surface area contributed by atoms with Crippen LogP contribution in [0, 0.1) is 13.8 Å². The van der Waals surface area contributed by atoms with Gasteiger partial charge in [0.15, 0.2) is 0 Å². The van der Waals surface area contributed by atoms with Crippen molar-refractivity contribution in [3.05, 3.63) is 35.2 Å². The van der Waals surface area contributed by atoms with E-state index in [1.807, 2.05) is 20.9 Å². The third-order valence-electron chi connectivity index (χ3n) is 4.85. The van der Waals surface area contributed by atoms with E-state index in [4.69, 9.17) is 0 Å². The number of nitrogens with zero attached hydrogens (tertiary/aromatic N) is 3. The van der Waals surface area contributed by atoms with Crippen molar-refractivity contribution in [3.63, 3.8) is 0 Å². The maximum absolute atomic E-state index is 12.7. The van der Waals surface area contributed by atoms with Gasteiger partial charge in [-0.3, -0.25) is 9.48 Å². The monoisotopic (exact) mass is 408 g/mol.